The summed E-state index contributed by atoms with van der Waals surface area (Å²) in [4.78, 5) is 11.0. The van der Waals surface area contributed by atoms with E-state index in [4.69, 9.17) is 16.2 Å². The molecule has 0 spiro atoms. The van der Waals surface area contributed by atoms with Crippen LogP contribution in [0.25, 0.3) is 0 Å². The summed E-state index contributed by atoms with van der Waals surface area (Å²) in [5.41, 5.74) is 12.1. The Morgan fingerprint density at radius 3 is 2.43 bits per heavy atom. The number of ether oxygens (including phenoxy) is 1. The largest absolute Gasteiger partial charge is 0.399 e. The summed E-state index contributed by atoms with van der Waals surface area (Å²) < 4.78 is 5.21. The first-order chi connectivity index (χ1) is 6.65. The van der Waals surface area contributed by atoms with Crippen molar-refractivity contribution in [2.24, 2.45) is 5.73 Å². The van der Waals surface area contributed by atoms with Crippen LogP contribution in [0.1, 0.15) is 18.6 Å². The number of amides is 1. The van der Waals surface area contributed by atoms with E-state index in [2.05, 4.69) is 0 Å². The third-order valence-corrected chi connectivity index (χ3v) is 1.83. The molecular formula is C10H14N2O2. The van der Waals surface area contributed by atoms with Gasteiger partial charge in [-0.05, 0) is 24.6 Å². The Labute approximate surface area is 82.8 Å². The Bertz CT molecular complexity index is 308. The first-order valence-electron chi connectivity index (χ1n) is 4.41. The molecule has 4 N–H and O–H groups in total. The van der Waals surface area contributed by atoms with Crippen molar-refractivity contribution >= 4 is 11.6 Å². The third-order valence-electron chi connectivity index (χ3n) is 1.83. The minimum absolute atomic E-state index is 0.442. The van der Waals surface area contributed by atoms with Crippen LogP contribution in [0.3, 0.4) is 0 Å². The van der Waals surface area contributed by atoms with Crippen molar-refractivity contribution in [1.29, 1.82) is 0 Å². The zero-order chi connectivity index (χ0) is 10.6. The van der Waals surface area contributed by atoms with Gasteiger partial charge < -0.3 is 16.2 Å². The van der Waals surface area contributed by atoms with E-state index in [1.54, 1.807) is 24.3 Å². The molecule has 0 aliphatic heterocycles. The molecule has 0 radical (unpaired) electrons. The van der Waals surface area contributed by atoms with Crippen molar-refractivity contribution in [2.75, 3.05) is 12.3 Å². The molecule has 0 aliphatic carbocycles. The molecule has 76 valence electrons. The van der Waals surface area contributed by atoms with Crippen LogP contribution >= 0.6 is 0 Å². The molecule has 0 fully saturated rings. The number of carbonyl (C=O) groups is 1. The second kappa shape index (κ2) is 4.62. The lowest BCUT2D eigenvalue weighted by atomic mass is 10.1. The van der Waals surface area contributed by atoms with Crippen LogP contribution in [0.4, 0.5) is 5.69 Å². The van der Waals surface area contributed by atoms with Crippen LogP contribution < -0.4 is 11.5 Å². The van der Waals surface area contributed by atoms with Gasteiger partial charge in [-0.1, -0.05) is 12.1 Å². The van der Waals surface area contributed by atoms with Gasteiger partial charge in [0, 0.05) is 12.3 Å². The van der Waals surface area contributed by atoms with Crippen LogP contribution in [0, 0.1) is 0 Å². The molecule has 1 atom stereocenters. The molecule has 4 nitrogen and oxygen atoms in total. The van der Waals surface area contributed by atoms with E-state index < -0.39 is 12.0 Å². The second-order valence-electron chi connectivity index (χ2n) is 2.90. The van der Waals surface area contributed by atoms with Crippen molar-refractivity contribution in [2.45, 2.75) is 13.0 Å². The van der Waals surface area contributed by atoms with E-state index in [1.807, 2.05) is 6.92 Å². The minimum atomic E-state index is -0.680. The fourth-order valence-electron chi connectivity index (χ4n) is 1.18. The van der Waals surface area contributed by atoms with Crippen LogP contribution in [0.15, 0.2) is 24.3 Å². The van der Waals surface area contributed by atoms with Crippen molar-refractivity contribution in [3.05, 3.63) is 29.8 Å². The molecule has 1 aromatic carbocycles. The summed E-state index contributed by atoms with van der Waals surface area (Å²) >= 11 is 0. The van der Waals surface area contributed by atoms with Gasteiger partial charge in [-0.3, -0.25) is 4.79 Å². The Morgan fingerprint density at radius 1 is 1.43 bits per heavy atom. The first kappa shape index (κ1) is 10.5. The van der Waals surface area contributed by atoms with Crippen LogP contribution in [-0.2, 0) is 9.53 Å². The van der Waals surface area contributed by atoms with Crippen molar-refractivity contribution < 1.29 is 9.53 Å². The number of anilines is 1. The summed E-state index contributed by atoms with van der Waals surface area (Å²) in [7, 11) is 0. The van der Waals surface area contributed by atoms with Crippen LogP contribution in [0.5, 0.6) is 0 Å². The van der Waals surface area contributed by atoms with E-state index in [1.165, 1.54) is 0 Å². The monoisotopic (exact) mass is 194 g/mol. The molecule has 0 bridgehead atoms. The van der Waals surface area contributed by atoms with Crippen LogP contribution in [0.2, 0.25) is 0 Å². The summed E-state index contributed by atoms with van der Waals surface area (Å²) in [5, 5.41) is 0. The number of primary amides is 1. The molecule has 1 unspecified atom stereocenters. The van der Waals surface area contributed by atoms with Crippen molar-refractivity contribution in [3.63, 3.8) is 0 Å². The lowest BCUT2D eigenvalue weighted by Crippen LogP contribution is -2.23. The van der Waals surface area contributed by atoms with Crippen LogP contribution in [-0.4, -0.2) is 12.5 Å². The highest BCUT2D eigenvalue weighted by molar-refractivity contribution is 5.80. The van der Waals surface area contributed by atoms with Gasteiger partial charge >= 0.3 is 0 Å². The highest BCUT2D eigenvalue weighted by Crippen LogP contribution is 2.18. The van der Waals surface area contributed by atoms with E-state index in [9.17, 15) is 4.79 Å². The Hall–Kier alpha value is -1.55. The van der Waals surface area contributed by atoms with Gasteiger partial charge in [0.2, 0.25) is 0 Å². The minimum Gasteiger partial charge on any atom is -0.399 e. The molecular weight excluding hydrogens is 180 g/mol. The fraction of sp³-hybridized carbons (Fsp3) is 0.300. The van der Waals surface area contributed by atoms with E-state index >= 15 is 0 Å². The third kappa shape index (κ3) is 2.47. The molecule has 1 amide bonds. The Balaban J connectivity index is 2.87. The average Bonchev–Trinajstić information content (AvgIpc) is 2.15. The van der Waals surface area contributed by atoms with Gasteiger partial charge in [0.25, 0.3) is 5.91 Å². The number of nitrogen functional groups attached to an aromatic ring is 1. The zero-order valence-electron chi connectivity index (χ0n) is 8.07. The predicted octanol–water partition coefficient (Wildman–Crippen LogP) is 0.832. The van der Waals surface area contributed by atoms with E-state index in [-0.39, 0.29) is 0 Å². The molecule has 14 heavy (non-hydrogen) atoms. The molecule has 0 heterocycles. The highest BCUT2D eigenvalue weighted by Gasteiger charge is 2.16. The molecule has 0 aromatic heterocycles. The maximum Gasteiger partial charge on any atom is 0.251 e. The van der Waals surface area contributed by atoms with Gasteiger partial charge in [0.1, 0.15) is 0 Å². The first-order valence-corrected chi connectivity index (χ1v) is 4.41. The molecule has 1 rings (SSSR count). The lowest BCUT2D eigenvalue weighted by molar-refractivity contribution is -0.129. The number of benzene rings is 1. The number of nitrogens with two attached hydrogens (primary N) is 2. The zero-order valence-corrected chi connectivity index (χ0v) is 8.07. The average molecular weight is 194 g/mol. The van der Waals surface area contributed by atoms with Gasteiger partial charge in [0.05, 0.1) is 0 Å². The van der Waals surface area contributed by atoms with Gasteiger partial charge in [-0.15, -0.1) is 0 Å². The topological polar surface area (TPSA) is 78.3 Å². The quantitative estimate of drug-likeness (QED) is 0.697. The Kier molecular flexibility index (Phi) is 3.48. The molecule has 0 saturated carbocycles. The Morgan fingerprint density at radius 2 is 2.00 bits per heavy atom. The summed E-state index contributed by atoms with van der Waals surface area (Å²) in [5.74, 6) is -0.489. The number of hydrogen-bond acceptors (Lipinski definition) is 3. The normalized spacial score (nSPS) is 12.4. The SMILES string of the molecule is CCOC(C(N)=O)c1ccc(N)cc1. The van der Waals surface area contributed by atoms with E-state index in [0.29, 0.717) is 12.3 Å². The predicted molar refractivity (Wildman–Crippen MR) is 54.4 cm³/mol. The number of hydrogen-bond donors (Lipinski definition) is 2. The summed E-state index contributed by atoms with van der Waals surface area (Å²) in [6, 6.07) is 6.90. The van der Waals surface area contributed by atoms with Crippen molar-refractivity contribution in [1.82, 2.24) is 0 Å². The molecule has 0 saturated heterocycles. The standard InChI is InChI=1S/C10H14N2O2/c1-2-14-9(10(12)13)7-3-5-8(11)6-4-7/h3-6,9H,2,11H2,1H3,(H2,12,13). The summed E-state index contributed by atoms with van der Waals surface area (Å²) in [6.45, 7) is 2.26. The molecule has 0 aliphatic rings. The number of carbonyl (C=O) groups excluding carboxylic acids is 1. The van der Waals surface area contributed by atoms with E-state index in [0.717, 1.165) is 5.56 Å². The smallest absolute Gasteiger partial charge is 0.251 e. The summed E-state index contributed by atoms with van der Waals surface area (Å²) in [6.07, 6.45) is -0.680. The second-order valence-corrected chi connectivity index (χ2v) is 2.90. The maximum atomic E-state index is 11.0. The van der Waals surface area contributed by atoms with Gasteiger partial charge in [-0.2, -0.15) is 0 Å². The van der Waals surface area contributed by atoms with Crippen molar-refractivity contribution in [3.8, 4) is 0 Å². The molecule has 1 aromatic rings. The fourth-order valence-corrected chi connectivity index (χ4v) is 1.18. The molecule has 4 heteroatoms. The lowest BCUT2D eigenvalue weighted by Gasteiger charge is -2.13. The van der Waals surface area contributed by atoms with Gasteiger partial charge in [0.15, 0.2) is 6.10 Å². The number of rotatable bonds is 4. The maximum absolute atomic E-state index is 11.0. The van der Waals surface area contributed by atoms with Gasteiger partial charge in [-0.25, -0.2) is 0 Å². The highest BCUT2D eigenvalue weighted by atomic mass is 16.5.